The Balaban J connectivity index is -0.0000000150. The van der Waals surface area contributed by atoms with E-state index in [1.54, 1.807) is 0 Å². The van der Waals surface area contributed by atoms with Gasteiger partial charge in [0.15, 0.2) is 0 Å². The van der Waals surface area contributed by atoms with Crippen molar-refractivity contribution < 1.29 is 119 Å². The maximum atomic E-state index is 8.33. The van der Waals surface area contributed by atoms with Gasteiger partial charge in [0.1, 0.15) is 0 Å². The van der Waals surface area contributed by atoms with Crippen molar-refractivity contribution in [2.75, 3.05) is 0 Å². The molecule has 3 nitrogen and oxygen atoms in total. The minimum absolute atomic E-state index is 0. The number of carbonyl (C=O) groups is 1. The number of hydrogen-bond acceptors (Lipinski definition) is 3. The average molecular weight is 140 g/mol. The van der Waals surface area contributed by atoms with Crippen molar-refractivity contribution in [3.05, 3.63) is 0 Å². The van der Waals surface area contributed by atoms with Crippen molar-refractivity contribution >= 4 is 6.16 Å². The molecule has 0 N–H and O–H groups in total. The second-order valence-electron chi connectivity index (χ2n) is 0.250. The van der Waals surface area contributed by atoms with Gasteiger partial charge in [0, 0.05) is 1.43 Å². The van der Waals surface area contributed by atoms with Crippen molar-refractivity contribution in [2.24, 2.45) is 0 Å². The maximum Gasteiger partial charge on any atom is 1.00 e. The van der Waals surface area contributed by atoms with Gasteiger partial charge in [0.2, 0.25) is 0 Å². The van der Waals surface area contributed by atoms with Gasteiger partial charge in [-0.2, -0.15) is 0 Å². The van der Waals surface area contributed by atoms with E-state index in [1.807, 2.05) is 0 Å². The van der Waals surface area contributed by atoms with E-state index in [2.05, 4.69) is 0 Å². The summed E-state index contributed by atoms with van der Waals surface area (Å²) in [6.07, 6.45) is -2.33. The van der Waals surface area contributed by atoms with Gasteiger partial charge in [-0.1, -0.05) is 0 Å². The maximum absolute atomic E-state index is 8.33. The topological polar surface area (TPSA) is 63.2 Å². The molecule has 0 unspecified atom stereocenters. The number of carbonyl (C=O) groups excluding carboxylic acids is 1. The SMILES string of the molecule is O=C([O-])[O-].[HH].[K+].[K+]. The minimum atomic E-state index is -2.33. The summed E-state index contributed by atoms with van der Waals surface area (Å²) in [6, 6.07) is 0. The zero-order chi connectivity index (χ0) is 3.58. The molecule has 0 saturated carbocycles. The van der Waals surface area contributed by atoms with Crippen LogP contribution in [0.5, 0.6) is 0 Å². The quantitative estimate of drug-likeness (QED) is 0.314. The summed E-state index contributed by atoms with van der Waals surface area (Å²) in [5.74, 6) is 0. The van der Waals surface area contributed by atoms with E-state index in [9.17, 15) is 0 Å². The van der Waals surface area contributed by atoms with Crippen LogP contribution >= 0.6 is 0 Å². The molecule has 0 aliphatic rings. The van der Waals surface area contributed by atoms with E-state index < -0.39 is 6.16 Å². The van der Waals surface area contributed by atoms with E-state index >= 15 is 0 Å². The Morgan fingerprint density at radius 3 is 1.33 bits per heavy atom. The van der Waals surface area contributed by atoms with Crippen LogP contribution in [-0.4, -0.2) is 6.16 Å². The van der Waals surface area contributed by atoms with Gasteiger partial charge >= 0.3 is 103 Å². The minimum Gasteiger partial charge on any atom is -0.652 e. The molecule has 26 valence electrons. The fourth-order valence-electron chi connectivity index (χ4n) is 0. The zero-order valence-electron chi connectivity index (χ0n) is 3.72. The molecule has 0 aliphatic carbocycles. The van der Waals surface area contributed by atoms with E-state index in [0.717, 1.165) is 0 Å². The summed E-state index contributed by atoms with van der Waals surface area (Å²) in [6.45, 7) is 0. The third-order valence-electron chi connectivity index (χ3n) is 0. The van der Waals surface area contributed by atoms with Crippen LogP contribution in [0.15, 0.2) is 0 Å². The second kappa shape index (κ2) is 10.5. The van der Waals surface area contributed by atoms with E-state index in [-0.39, 0.29) is 104 Å². The summed E-state index contributed by atoms with van der Waals surface area (Å²) in [4.78, 5) is 8.33. The van der Waals surface area contributed by atoms with Gasteiger partial charge in [0.05, 0.1) is 0 Å². The molecular weight excluding hydrogens is 138 g/mol. The molecule has 0 rings (SSSR count). The smallest absolute Gasteiger partial charge is 0.652 e. The zero-order valence-corrected chi connectivity index (χ0v) is 9.97. The van der Waals surface area contributed by atoms with Crippen molar-refractivity contribution in [3.63, 3.8) is 0 Å². The van der Waals surface area contributed by atoms with E-state index in [1.165, 1.54) is 0 Å². The molecule has 0 spiro atoms. The first-order valence-corrected chi connectivity index (χ1v) is 0.612. The summed E-state index contributed by atoms with van der Waals surface area (Å²) >= 11 is 0. The number of rotatable bonds is 0. The molecule has 0 fully saturated rings. The van der Waals surface area contributed by atoms with Gasteiger partial charge in [-0.15, -0.1) is 0 Å². The first-order chi connectivity index (χ1) is 1.73. The largest absolute Gasteiger partial charge is 1.00 e. The van der Waals surface area contributed by atoms with E-state index in [4.69, 9.17) is 15.0 Å². The monoisotopic (exact) mass is 140 g/mol. The van der Waals surface area contributed by atoms with Crippen molar-refractivity contribution in [1.29, 1.82) is 0 Å². The Labute approximate surface area is 122 Å². The van der Waals surface area contributed by atoms with Gasteiger partial charge in [-0.25, -0.2) is 0 Å². The van der Waals surface area contributed by atoms with Crippen LogP contribution in [0.25, 0.3) is 0 Å². The molecular formula is CH2K2O3. The summed E-state index contributed by atoms with van der Waals surface area (Å²) in [5.41, 5.74) is 0. The predicted octanol–water partition coefficient (Wildman–Crippen LogP) is -8.19. The molecule has 0 amide bonds. The van der Waals surface area contributed by atoms with Crippen molar-refractivity contribution in [2.45, 2.75) is 0 Å². The Hall–Kier alpha value is 2.54. The Morgan fingerprint density at radius 2 is 1.33 bits per heavy atom. The van der Waals surface area contributed by atoms with E-state index in [0.29, 0.717) is 0 Å². The fourth-order valence-corrected chi connectivity index (χ4v) is 0. The molecule has 0 aromatic heterocycles. The third kappa shape index (κ3) is 31.1. The third-order valence-corrected chi connectivity index (χ3v) is 0. The predicted molar refractivity (Wildman–Crippen MR) is 7.51 cm³/mol. The Morgan fingerprint density at radius 1 is 1.33 bits per heavy atom. The van der Waals surface area contributed by atoms with Crippen molar-refractivity contribution in [1.82, 2.24) is 0 Å². The Kier molecular flexibility index (Phi) is 27.7. The molecule has 0 bridgehead atoms. The van der Waals surface area contributed by atoms with Crippen LogP contribution < -0.4 is 113 Å². The van der Waals surface area contributed by atoms with Gasteiger partial charge in [0.25, 0.3) is 0 Å². The Bertz CT molecular complexity index is 35.9. The van der Waals surface area contributed by atoms with Crippen LogP contribution in [0.1, 0.15) is 1.43 Å². The first kappa shape index (κ1) is 15.8. The van der Waals surface area contributed by atoms with Crippen LogP contribution in [0.3, 0.4) is 0 Å². The van der Waals surface area contributed by atoms with Crippen LogP contribution in [0.4, 0.5) is 4.79 Å². The molecule has 6 heavy (non-hydrogen) atoms. The van der Waals surface area contributed by atoms with Crippen LogP contribution in [0, 0.1) is 0 Å². The molecule has 0 aromatic rings. The van der Waals surface area contributed by atoms with Gasteiger partial charge < -0.3 is 15.0 Å². The molecule has 0 aliphatic heterocycles. The van der Waals surface area contributed by atoms with Crippen LogP contribution in [0.2, 0.25) is 0 Å². The number of carboxylic acid groups (broad SMARTS) is 2. The van der Waals surface area contributed by atoms with Crippen molar-refractivity contribution in [3.8, 4) is 0 Å². The number of hydrogen-bond donors (Lipinski definition) is 0. The standard InChI is InChI=1S/CH2O3.2K.H2/c2-1(3)4;;;/h(H2,2,3,4);;;1H/q;2*+1;/p-2. The molecule has 0 atom stereocenters. The van der Waals surface area contributed by atoms with Crippen LogP contribution in [-0.2, 0) is 0 Å². The fraction of sp³-hybridized carbons (Fsp3) is 0. The molecule has 0 radical (unpaired) electrons. The van der Waals surface area contributed by atoms with Gasteiger partial charge in [-0.05, 0) is 6.16 Å². The normalized spacial score (nSPS) is 4.00. The summed E-state index contributed by atoms with van der Waals surface area (Å²) in [7, 11) is 0. The molecule has 0 heterocycles. The van der Waals surface area contributed by atoms with Gasteiger partial charge in [-0.3, -0.25) is 0 Å². The molecule has 0 saturated heterocycles. The summed E-state index contributed by atoms with van der Waals surface area (Å²) < 4.78 is 0. The summed E-state index contributed by atoms with van der Waals surface area (Å²) in [5, 5.41) is 16.7. The second-order valence-corrected chi connectivity index (χ2v) is 0.250. The first-order valence-electron chi connectivity index (χ1n) is 0.612. The average Bonchev–Trinajstić information content (AvgIpc) is 0.811. The molecule has 0 aromatic carbocycles. The molecule has 5 heteroatoms.